The Hall–Kier alpha value is -0.530. The molecule has 0 saturated heterocycles. The molecule has 2 heteroatoms. The molecular formula is C14H29NO. The zero-order valence-corrected chi connectivity index (χ0v) is 11.0. The minimum absolute atomic E-state index is 0.594. The highest BCUT2D eigenvalue weighted by Crippen LogP contribution is 2.11. The molecule has 0 bridgehead atoms. The molecule has 0 aliphatic rings. The van der Waals surface area contributed by atoms with E-state index in [9.17, 15) is 5.21 Å². The van der Waals surface area contributed by atoms with Crippen molar-refractivity contribution in [3.05, 3.63) is 5.21 Å². The molecule has 0 atom stereocenters. The van der Waals surface area contributed by atoms with E-state index in [1.165, 1.54) is 64.2 Å². The second-order valence-electron chi connectivity index (χ2n) is 4.74. The van der Waals surface area contributed by atoms with Crippen molar-refractivity contribution < 1.29 is 4.74 Å². The molecule has 0 spiro atoms. The van der Waals surface area contributed by atoms with Crippen LogP contribution in [0.5, 0.6) is 0 Å². The first-order chi connectivity index (χ1) is 7.77. The van der Waals surface area contributed by atoms with Gasteiger partial charge in [-0.2, -0.15) is 0 Å². The number of hydrogen-bond donors (Lipinski definition) is 0. The molecule has 0 heterocycles. The summed E-state index contributed by atoms with van der Waals surface area (Å²) in [4.78, 5) is 0. The standard InChI is InChI=1S/C14H29NO/c1-3-4-5-6-7-8-9-10-11-12-13-14-15(2)16/h2-14H2,1H3. The van der Waals surface area contributed by atoms with E-state index in [0.717, 1.165) is 11.2 Å². The molecule has 0 N–H and O–H groups in total. The van der Waals surface area contributed by atoms with Crippen LogP contribution in [-0.2, 0) is 0 Å². The van der Waals surface area contributed by atoms with Crippen molar-refractivity contribution >= 4 is 6.72 Å². The Morgan fingerprint density at radius 1 is 0.750 bits per heavy atom. The van der Waals surface area contributed by atoms with Gasteiger partial charge in [0.05, 0.1) is 0 Å². The Kier molecular flexibility index (Phi) is 12.1. The largest absolute Gasteiger partial charge is 0.624 e. The summed E-state index contributed by atoms with van der Waals surface area (Å²) in [7, 11) is 0. The predicted octanol–water partition coefficient (Wildman–Crippen LogP) is 4.51. The van der Waals surface area contributed by atoms with Gasteiger partial charge in [-0.3, -0.25) is 0 Å². The van der Waals surface area contributed by atoms with Crippen molar-refractivity contribution in [2.75, 3.05) is 6.54 Å². The third-order valence-corrected chi connectivity index (χ3v) is 3.01. The van der Waals surface area contributed by atoms with Gasteiger partial charge in [0.1, 0.15) is 6.72 Å². The molecule has 0 fully saturated rings. The molecule has 0 saturated carbocycles. The SMILES string of the molecule is C=[N+]([O-])CCCCCCCCCCCCC. The van der Waals surface area contributed by atoms with Crippen molar-refractivity contribution in [3.8, 4) is 0 Å². The van der Waals surface area contributed by atoms with E-state index in [1.807, 2.05) is 0 Å². The summed E-state index contributed by atoms with van der Waals surface area (Å²) < 4.78 is 0.785. The normalized spacial score (nSPS) is 10.6. The maximum atomic E-state index is 10.5. The van der Waals surface area contributed by atoms with E-state index in [1.54, 1.807) is 0 Å². The van der Waals surface area contributed by atoms with Crippen LogP contribution in [0.3, 0.4) is 0 Å². The lowest BCUT2D eigenvalue weighted by molar-refractivity contribution is -0.449. The topological polar surface area (TPSA) is 26.1 Å². The fourth-order valence-corrected chi connectivity index (χ4v) is 1.95. The lowest BCUT2D eigenvalue weighted by Gasteiger charge is -2.03. The van der Waals surface area contributed by atoms with Gasteiger partial charge in [-0.05, 0) is 6.42 Å². The number of hydrogen-bond acceptors (Lipinski definition) is 1. The lowest BCUT2D eigenvalue weighted by Crippen LogP contribution is -2.01. The number of nitrogens with zero attached hydrogens (tertiary/aromatic N) is 1. The zero-order valence-electron chi connectivity index (χ0n) is 11.0. The summed E-state index contributed by atoms with van der Waals surface area (Å²) in [6, 6.07) is 0. The summed E-state index contributed by atoms with van der Waals surface area (Å²) >= 11 is 0. The summed E-state index contributed by atoms with van der Waals surface area (Å²) in [5.41, 5.74) is 0. The minimum Gasteiger partial charge on any atom is -0.624 e. The minimum atomic E-state index is 0.594. The van der Waals surface area contributed by atoms with Gasteiger partial charge in [0.2, 0.25) is 0 Å². The van der Waals surface area contributed by atoms with Crippen LogP contribution in [0.25, 0.3) is 0 Å². The monoisotopic (exact) mass is 227 g/mol. The molecule has 0 aliphatic carbocycles. The molecule has 0 aliphatic heterocycles. The van der Waals surface area contributed by atoms with Crippen LogP contribution >= 0.6 is 0 Å². The van der Waals surface area contributed by atoms with E-state index >= 15 is 0 Å². The quantitative estimate of drug-likeness (QED) is 0.158. The van der Waals surface area contributed by atoms with E-state index in [2.05, 4.69) is 13.6 Å². The summed E-state index contributed by atoms with van der Waals surface area (Å²) in [5, 5.41) is 10.5. The Morgan fingerprint density at radius 3 is 1.50 bits per heavy atom. The first kappa shape index (κ1) is 15.5. The first-order valence-electron chi connectivity index (χ1n) is 7.02. The van der Waals surface area contributed by atoms with Gasteiger partial charge in [-0.1, -0.05) is 64.7 Å². The van der Waals surface area contributed by atoms with Crippen LogP contribution in [0.15, 0.2) is 0 Å². The Bertz CT molecular complexity index is 157. The fourth-order valence-electron chi connectivity index (χ4n) is 1.95. The van der Waals surface area contributed by atoms with Crippen LogP contribution in [-0.4, -0.2) is 18.0 Å². The van der Waals surface area contributed by atoms with Gasteiger partial charge in [0.15, 0.2) is 6.54 Å². The molecule has 0 amide bonds. The highest BCUT2D eigenvalue weighted by Gasteiger charge is 1.94. The van der Waals surface area contributed by atoms with Crippen LogP contribution in [0, 0.1) is 5.21 Å². The summed E-state index contributed by atoms with van der Waals surface area (Å²) in [6.45, 7) is 6.15. The molecule has 0 aromatic heterocycles. The van der Waals surface area contributed by atoms with E-state index in [0.29, 0.717) is 6.54 Å². The molecule has 0 aromatic carbocycles. The second-order valence-corrected chi connectivity index (χ2v) is 4.74. The van der Waals surface area contributed by atoms with Crippen molar-refractivity contribution in [3.63, 3.8) is 0 Å². The van der Waals surface area contributed by atoms with E-state index in [4.69, 9.17) is 0 Å². The Balaban J connectivity index is 2.90. The van der Waals surface area contributed by atoms with Gasteiger partial charge in [-0.15, -0.1) is 0 Å². The highest BCUT2D eigenvalue weighted by atomic mass is 16.5. The van der Waals surface area contributed by atoms with E-state index < -0.39 is 0 Å². The van der Waals surface area contributed by atoms with Gasteiger partial charge in [0, 0.05) is 6.42 Å². The average Bonchev–Trinajstić information content (AvgIpc) is 2.25. The van der Waals surface area contributed by atoms with E-state index in [-0.39, 0.29) is 0 Å². The molecule has 0 aromatic rings. The first-order valence-corrected chi connectivity index (χ1v) is 7.02. The van der Waals surface area contributed by atoms with Gasteiger partial charge < -0.3 is 5.21 Å². The van der Waals surface area contributed by atoms with Crippen molar-refractivity contribution in [1.82, 2.24) is 0 Å². The van der Waals surface area contributed by atoms with Gasteiger partial charge >= 0.3 is 0 Å². The lowest BCUT2D eigenvalue weighted by atomic mass is 10.1. The summed E-state index contributed by atoms with van der Waals surface area (Å²) in [5.74, 6) is 0. The molecule has 0 radical (unpaired) electrons. The summed E-state index contributed by atoms with van der Waals surface area (Å²) in [6.07, 6.45) is 14.6. The van der Waals surface area contributed by atoms with Crippen LogP contribution < -0.4 is 0 Å². The van der Waals surface area contributed by atoms with Crippen LogP contribution in [0.1, 0.15) is 77.6 Å². The molecule has 2 nitrogen and oxygen atoms in total. The predicted molar refractivity (Wildman–Crippen MR) is 72.1 cm³/mol. The number of rotatable bonds is 12. The Morgan fingerprint density at radius 2 is 1.12 bits per heavy atom. The molecule has 0 unspecified atom stereocenters. The third kappa shape index (κ3) is 13.5. The smallest absolute Gasteiger partial charge is 0.152 e. The molecular weight excluding hydrogens is 198 g/mol. The zero-order chi connectivity index (χ0) is 12.1. The van der Waals surface area contributed by atoms with Crippen molar-refractivity contribution in [2.24, 2.45) is 0 Å². The maximum Gasteiger partial charge on any atom is 0.152 e. The van der Waals surface area contributed by atoms with Crippen LogP contribution in [0.4, 0.5) is 0 Å². The van der Waals surface area contributed by atoms with Crippen molar-refractivity contribution in [1.29, 1.82) is 0 Å². The third-order valence-electron chi connectivity index (χ3n) is 3.01. The molecule has 0 rings (SSSR count). The molecule has 16 heavy (non-hydrogen) atoms. The Labute approximate surface area is 101 Å². The van der Waals surface area contributed by atoms with Crippen molar-refractivity contribution in [2.45, 2.75) is 77.6 Å². The average molecular weight is 227 g/mol. The second kappa shape index (κ2) is 12.5. The fraction of sp³-hybridized carbons (Fsp3) is 0.929. The molecule has 96 valence electrons. The number of unbranched alkanes of at least 4 members (excludes halogenated alkanes) is 10. The van der Waals surface area contributed by atoms with Gasteiger partial charge in [0.25, 0.3) is 0 Å². The van der Waals surface area contributed by atoms with Gasteiger partial charge in [-0.25, -0.2) is 4.74 Å². The number of hydroxylamine groups is 1. The van der Waals surface area contributed by atoms with Crippen LogP contribution in [0.2, 0.25) is 0 Å². The highest BCUT2D eigenvalue weighted by molar-refractivity contribution is 5.14. The maximum absolute atomic E-state index is 10.5.